The lowest BCUT2D eigenvalue weighted by molar-refractivity contribution is -0.385. The summed E-state index contributed by atoms with van der Waals surface area (Å²) in [5.74, 6) is -1.03. The highest BCUT2D eigenvalue weighted by molar-refractivity contribution is 5.87. The number of nitro groups is 1. The number of carbonyl (C=O) groups excluding carboxylic acids is 1. The van der Waals surface area contributed by atoms with Crippen LogP contribution in [0.5, 0.6) is 0 Å². The number of benzene rings is 1. The first kappa shape index (κ1) is 12.7. The van der Waals surface area contributed by atoms with Crippen LogP contribution in [0.25, 0.3) is 0 Å². The molecule has 0 fully saturated rings. The molecule has 0 saturated heterocycles. The molecule has 0 aliphatic carbocycles. The van der Waals surface area contributed by atoms with E-state index >= 15 is 0 Å². The molecule has 0 bridgehead atoms. The van der Waals surface area contributed by atoms with Crippen LogP contribution < -0.4 is 5.32 Å². The Balaban J connectivity index is 2.57. The number of para-hydroxylation sites is 1. The van der Waals surface area contributed by atoms with Gasteiger partial charge in [-0.25, -0.2) is 0 Å². The molecule has 98 valence electrons. The zero-order valence-electron chi connectivity index (χ0n) is 10.1. The number of hydrogen-bond acceptors (Lipinski definition) is 5. The molecule has 0 spiro atoms. The van der Waals surface area contributed by atoms with Gasteiger partial charge in [0.2, 0.25) is 5.91 Å². The molecule has 1 aromatic heterocycles. The molecule has 2 aromatic rings. The molecule has 1 heterocycles. The Kier molecular flexibility index (Phi) is 3.56. The molecule has 0 aliphatic rings. The summed E-state index contributed by atoms with van der Waals surface area (Å²) in [6.45, 7) is 0. The maximum atomic E-state index is 12.0. The molecule has 1 unspecified atom stereocenters. The van der Waals surface area contributed by atoms with Gasteiger partial charge in [-0.1, -0.05) is 23.4 Å². The van der Waals surface area contributed by atoms with Crippen molar-refractivity contribution in [2.24, 2.45) is 0 Å². The van der Waals surface area contributed by atoms with Crippen molar-refractivity contribution in [3.63, 3.8) is 0 Å². The van der Waals surface area contributed by atoms with E-state index < -0.39 is 16.7 Å². The van der Waals surface area contributed by atoms with Gasteiger partial charge in [-0.2, -0.15) is 0 Å². The first-order chi connectivity index (χ1) is 9.15. The molecule has 1 amide bonds. The zero-order valence-corrected chi connectivity index (χ0v) is 10.1. The van der Waals surface area contributed by atoms with Crippen LogP contribution in [-0.4, -0.2) is 23.0 Å². The van der Waals surface area contributed by atoms with Gasteiger partial charge in [0.25, 0.3) is 5.69 Å². The van der Waals surface area contributed by atoms with Gasteiger partial charge in [0.1, 0.15) is 5.92 Å². The van der Waals surface area contributed by atoms with E-state index in [4.69, 9.17) is 4.52 Å². The number of rotatable bonds is 4. The van der Waals surface area contributed by atoms with E-state index in [2.05, 4.69) is 10.5 Å². The molecule has 1 aromatic carbocycles. The van der Waals surface area contributed by atoms with Crippen LogP contribution in [0.1, 0.15) is 17.2 Å². The Bertz CT molecular complexity index is 595. The molecule has 0 saturated carbocycles. The predicted octanol–water partition coefficient (Wildman–Crippen LogP) is 1.46. The number of aromatic nitrogens is 1. The van der Waals surface area contributed by atoms with Gasteiger partial charge >= 0.3 is 0 Å². The van der Waals surface area contributed by atoms with Crippen molar-refractivity contribution in [3.05, 3.63) is 58.0 Å². The summed E-state index contributed by atoms with van der Waals surface area (Å²) in [5.41, 5.74) is 0.135. The van der Waals surface area contributed by atoms with E-state index in [0.29, 0.717) is 0 Å². The number of nitrogens with zero attached hydrogens (tertiary/aromatic N) is 2. The average molecular weight is 261 g/mol. The maximum absolute atomic E-state index is 12.0. The highest BCUT2D eigenvalue weighted by Crippen LogP contribution is 2.31. The third-order valence-corrected chi connectivity index (χ3v) is 2.70. The number of likely N-dealkylation sites (N-methyl/N-ethyl adjacent to an activating group) is 1. The molecule has 0 aliphatic heterocycles. The summed E-state index contributed by atoms with van der Waals surface area (Å²) < 4.78 is 4.97. The molecule has 1 atom stereocenters. The lowest BCUT2D eigenvalue weighted by atomic mass is 9.94. The lowest BCUT2D eigenvalue weighted by Gasteiger charge is -2.12. The van der Waals surface area contributed by atoms with Gasteiger partial charge in [-0.3, -0.25) is 14.9 Å². The molecule has 0 radical (unpaired) electrons. The van der Waals surface area contributed by atoms with Crippen LogP contribution in [0.4, 0.5) is 5.69 Å². The van der Waals surface area contributed by atoms with E-state index in [9.17, 15) is 14.9 Å². The summed E-state index contributed by atoms with van der Waals surface area (Å²) in [5, 5.41) is 17.0. The van der Waals surface area contributed by atoms with Gasteiger partial charge in [0, 0.05) is 19.2 Å². The molecule has 19 heavy (non-hydrogen) atoms. The monoisotopic (exact) mass is 261 g/mol. The summed E-state index contributed by atoms with van der Waals surface area (Å²) in [7, 11) is 1.46. The number of carbonyl (C=O) groups is 1. The molecule has 7 nitrogen and oxygen atoms in total. The molecule has 1 N–H and O–H groups in total. The Morgan fingerprint density at radius 2 is 2.16 bits per heavy atom. The van der Waals surface area contributed by atoms with Crippen LogP contribution in [0.3, 0.4) is 0 Å². The largest absolute Gasteiger partial charge is 0.360 e. The Hall–Kier alpha value is -2.70. The molecule has 7 heteroatoms. The van der Waals surface area contributed by atoms with Crippen molar-refractivity contribution in [2.45, 2.75) is 5.92 Å². The first-order valence-corrected chi connectivity index (χ1v) is 5.50. The standard InChI is InChI=1S/C12H11N3O4/c1-13-12(16)11(10-6-7-14-19-10)8-4-2-3-5-9(8)15(17)18/h2-7,11H,1H3,(H,13,16). The Labute approximate surface area is 108 Å². The second-order valence-electron chi connectivity index (χ2n) is 3.78. The summed E-state index contributed by atoms with van der Waals surface area (Å²) >= 11 is 0. The quantitative estimate of drug-likeness (QED) is 0.663. The van der Waals surface area contributed by atoms with Gasteiger partial charge < -0.3 is 9.84 Å². The summed E-state index contributed by atoms with van der Waals surface area (Å²) in [6.07, 6.45) is 1.39. The van der Waals surface area contributed by atoms with Crippen molar-refractivity contribution >= 4 is 11.6 Å². The van der Waals surface area contributed by atoms with Crippen LogP contribution in [-0.2, 0) is 4.79 Å². The normalized spacial score (nSPS) is 11.8. The van der Waals surface area contributed by atoms with Crippen molar-refractivity contribution < 1.29 is 14.2 Å². The van der Waals surface area contributed by atoms with Gasteiger partial charge in [0.15, 0.2) is 5.76 Å². The fourth-order valence-corrected chi connectivity index (χ4v) is 1.84. The average Bonchev–Trinajstić information content (AvgIpc) is 2.93. The highest BCUT2D eigenvalue weighted by Gasteiger charge is 2.31. The van der Waals surface area contributed by atoms with Gasteiger partial charge in [-0.05, 0) is 0 Å². The minimum absolute atomic E-state index is 0.132. The number of hydrogen-bond donors (Lipinski definition) is 1. The van der Waals surface area contributed by atoms with Crippen LogP contribution >= 0.6 is 0 Å². The van der Waals surface area contributed by atoms with Crippen molar-refractivity contribution in [3.8, 4) is 0 Å². The smallest absolute Gasteiger partial charge is 0.273 e. The Morgan fingerprint density at radius 1 is 1.42 bits per heavy atom. The van der Waals surface area contributed by atoms with E-state index in [-0.39, 0.29) is 17.0 Å². The van der Waals surface area contributed by atoms with E-state index in [1.54, 1.807) is 12.1 Å². The van der Waals surface area contributed by atoms with Gasteiger partial charge in [0.05, 0.1) is 16.7 Å². The van der Waals surface area contributed by atoms with Crippen molar-refractivity contribution in [2.75, 3.05) is 7.05 Å². The fourth-order valence-electron chi connectivity index (χ4n) is 1.84. The summed E-state index contributed by atoms with van der Waals surface area (Å²) in [6, 6.07) is 7.57. The highest BCUT2D eigenvalue weighted by atomic mass is 16.6. The van der Waals surface area contributed by atoms with Crippen molar-refractivity contribution in [1.82, 2.24) is 10.5 Å². The zero-order chi connectivity index (χ0) is 13.8. The van der Waals surface area contributed by atoms with Crippen LogP contribution in [0.2, 0.25) is 0 Å². The SMILES string of the molecule is CNC(=O)C(c1ccno1)c1ccccc1[N+](=O)[O-]. The number of amides is 1. The molecular formula is C12H11N3O4. The van der Waals surface area contributed by atoms with E-state index in [1.807, 2.05) is 0 Å². The minimum atomic E-state index is -0.894. The number of nitrogens with one attached hydrogen (secondary N) is 1. The van der Waals surface area contributed by atoms with Gasteiger partial charge in [-0.15, -0.1) is 0 Å². The first-order valence-electron chi connectivity index (χ1n) is 5.50. The Morgan fingerprint density at radius 3 is 2.74 bits per heavy atom. The lowest BCUT2D eigenvalue weighted by Crippen LogP contribution is -2.26. The van der Waals surface area contributed by atoms with E-state index in [0.717, 1.165) is 0 Å². The summed E-state index contributed by atoms with van der Waals surface area (Å²) in [4.78, 5) is 22.5. The maximum Gasteiger partial charge on any atom is 0.273 e. The third kappa shape index (κ3) is 2.44. The van der Waals surface area contributed by atoms with Crippen LogP contribution in [0.15, 0.2) is 41.1 Å². The number of nitro benzene ring substituents is 1. The fraction of sp³-hybridized carbons (Fsp3) is 0.167. The minimum Gasteiger partial charge on any atom is -0.360 e. The topological polar surface area (TPSA) is 98.3 Å². The van der Waals surface area contributed by atoms with Crippen LogP contribution in [0, 0.1) is 10.1 Å². The second kappa shape index (κ2) is 5.30. The second-order valence-corrected chi connectivity index (χ2v) is 3.78. The van der Waals surface area contributed by atoms with E-state index in [1.165, 1.54) is 31.4 Å². The molecular weight excluding hydrogens is 250 g/mol. The predicted molar refractivity (Wildman–Crippen MR) is 65.5 cm³/mol. The van der Waals surface area contributed by atoms with Crippen molar-refractivity contribution in [1.29, 1.82) is 0 Å². The molecule has 2 rings (SSSR count). The third-order valence-electron chi connectivity index (χ3n) is 2.70.